The maximum atomic E-state index is 12.9. The van der Waals surface area contributed by atoms with Gasteiger partial charge in [0.15, 0.2) is 6.61 Å². The number of nitrogens with zero attached hydrogens (tertiary/aromatic N) is 1. The van der Waals surface area contributed by atoms with Crippen molar-refractivity contribution in [3.05, 3.63) is 77.9 Å². The molecular formula is C26H26N2O5. The van der Waals surface area contributed by atoms with Crippen molar-refractivity contribution in [3.63, 3.8) is 0 Å². The van der Waals surface area contributed by atoms with Crippen molar-refractivity contribution in [2.75, 3.05) is 11.5 Å². The van der Waals surface area contributed by atoms with Crippen LogP contribution in [0.1, 0.15) is 42.2 Å². The second kappa shape index (κ2) is 9.40. The van der Waals surface area contributed by atoms with Crippen molar-refractivity contribution in [2.45, 2.75) is 26.3 Å². The van der Waals surface area contributed by atoms with Gasteiger partial charge in [0.25, 0.3) is 5.91 Å². The van der Waals surface area contributed by atoms with E-state index < -0.39 is 18.5 Å². The lowest BCUT2D eigenvalue weighted by Gasteiger charge is -2.22. The van der Waals surface area contributed by atoms with E-state index in [0.29, 0.717) is 12.1 Å². The van der Waals surface area contributed by atoms with Crippen molar-refractivity contribution >= 4 is 29.4 Å². The van der Waals surface area contributed by atoms with Gasteiger partial charge in [-0.25, -0.2) is 4.79 Å². The first-order valence-electron chi connectivity index (χ1n) is 11.0. The van der Waals surface area contributed by atoms with Crippen LogP contribution in [-0.2, 0) is 19.1 Å². The topological polar surface area (TPSA) is 92.8 Å². The largest absolute Gasteiger partial charge is 0.452 e. The number of carbonyl (C=O) groups is 4. The highest BCUT2D eigenvalue weighted by molar-refractivity contribution is 6.22. The summed E-state index contributed by atoms with van der Waals surface area (Å²) in [6, 6.07) is 15.4. The summed E-state index contributed by atoms with van der Waals surface area (Å²) in [5.74, 6) is -2.15. The van der Waals surface area contributed by atoms with Gasteiger partial charge in [-0.15, -0.1) is 0 Å². The highest BCUT2D eigenvalue weighted by atomic mass is 16.5. The van der Waals surface area contributed by atoms with Gasteiger partial charge in [-0.3, -0.25) is 19.3 Å². The van der Waals surface area contributed by atoms with Crippen LogP contribution in [0, 0.1) is 17.8 Å². The molecule has 1 saturated heterocycles. The number of anilines is 1. The van der Waals surface area contributed by atoms with Crippen LogP contribution >= 0.6 is 0 Å². The fourth-order valence-electron chi connectivity index (χ4n) is 4.47. The van der Waals surface area contributed by atoms with Gasteiger partial charge in [0, 0.05) is 0 Å². The minimum absolute atomic E-state index is 0.00945. The molecular weight excluding hydrogens is 420 g/mol. The molecule has 33 heavy (non-hydrogen) atoms. The summed E-state index contributed by atoms with van der Waals surface area (Å²) in [7, 11) is 0. The fraction of sp³-hybridized carbons (Fsp3) is 0.308. The molecule has 0 spiro atoms. The summed E-state index contributed by atoms with van der Waals surface area (Å²) >= 11 is 0. The highest BCUT2D eigenvalue weighted by Gasteiger charge is 2.50. The lowest BCUT2D eigenvalue weighted by Crippen LogP contribution is -2.31. The van der Waals surface area contributed by atoms with Gasteiger partial charge >= 0.3 is 5.97 Å². The molecule has 0 radical (unpaired) electrons. The molecule has 3 amide bonds. The Kier molecular flexibility index (Phi) is 6.40. The van der Waals surface area contributed by atoms with Crippen LogP contribution in [0.3, 0.4) is 0 Å². The van der Waals surface area contributed by atoms with E-state index >= 15 is 0 Å². The maximum Gasteiger partial charge on any atom is 0.338 e. The number of amides is 3. The van der Waals surface area contributed by atoms with Gasteiger partial charge in [0.05, 0.1) is 29.1 Å². The molecule has 2 aromatic rings. The summed E-state index contributed by atoms with van der Waals surface area (Å²) in [4.78, 5) is 51.4. The minimum Gasteiger partial charge on any atom is -0.452 e. The van der Waals surface area contributed by atoms with E-state index in [9.17, 15) is 19.2 Å². The van der Waals surface area contributed by atoms with Gasteiger partial charge < -0.3 is 10.1 Å². The third kappa shape index (κ3) is 4.58. The second-order valence-corrected chi connectivity index (χ2v) is 8.49. The molecule has 7 heteroatoms. The zero-order valence-electron chi connectivity index (χ0n) is 18.6. The Labute approximate surface area is 192 Å². The number of hydrogen-bond donors (Lipinski definition) is 1. The molecule has 1 fully saturated rings. The zero-order valence-corrected chi connectivity index (χ0v) is 18.6. The van der Waals surface area contributed by atoms with Crippen molar-refractivity contribution in [3.8, 4) is 0 Å². The van der Waals surface area contributed by atoms with Crippen LogP contribution < -0.4 is 10.2 Å². The molecule has 0 bridgehead atoms. The summed E-state index contributed by atoms with van der Waals surface area (Å²) in [5, 5.41) is 2.78. The number of benzene rings is 2. The predicted molar refractivity (Wildman–Crippen MR) is 122 cm³/mol. The molecule has 0 saturated carbocycles. The lowest BCUT2D eigenvalue weighted by molar-refractivity contribution is -0.125. The normalized spacial score (nSPS) is 22.6. The molecule has 4 atom stereocenters. The van der Waals surface area contributed by atoms with E-state index in [1.54, 1.807) is 12.1 Å². The maximum absolute atomic E-state index is 12.9. The number of nitrogens with one attached hydrogen (secondary N) is 1. The number of esters is 1. The van der Waals surface area contributed by atoms with Crippen molar-refractivity contribution in [1.29, 1.82) is 0 Å². The van der Waals surface area contributed by atoms with Gasteiger partial charge in [0.1, 0.15) is 0 Å². The molecule has 2 aliphatic rings. The number of hydrogen-bond acceptors (Lipinski definition) is 5. The Balaban J connectivity index is 1.34. The van der Waals surface area contributed by atoms with Crippen LogP contribution in [0.25, 0.3) is 0 Å². The standard InChI is InChI=1S/C26H26N2O5/c1-16-7-6-10-21-23(16)25(31)28(24(21)30)20-13-11-19(12-14-20)26(32)33-15-22(29)27-17(2)18-8-4-3-5-9-18/h3-9,11-14,16-17,21,23H,10,15H2,1-2H3,(H,27,29)/t16-,17-,21+,23+/m0/s1. The van der Waals surface area contributed by atoms with E-state index in [4.69, 9.17) is 4.74 Å². The average molecular weight is 447 g/mol. The van der Waals surface area contributed by atoms with E-state index in [1.807, 2.05) is 56.3 Å². The third-order valence-electron chi connectivity index (χ3n) is 6.25. The van der Waals surface area contributed by atoms with Crippen LogP contribution in [0.2, 0.25) is 0 Å². The van der Waals surface area contributed by atoms with Crippen LogP contribution in [-0.4, -0.2) is 30.3 Å². The molecule has 1 N–H and O–H groups in total. The van der Waals surface area contributed by atoms with Crippen LogP contribution in [0.4, 0.5) is 5.69 Å². The molecule has 7 nitrogen and oxygen atoms in total. The second-order valence-electron chi connectivity index (χ2n) is 8.49. The Morgan fingerprint density at radius 3 is 2.42 bits per heavy atom. The smallest absolute Gasteiger partial charge is 0.338 e. The number of carbonyl (C=O) groups excluding carboxylic acids is 4. The van der Waals surface area contributed by atoms with E-state index in [0.717, 1.165) is 5.56 Å². The Morgan fingerprint density at radius 1 is 1.06 bits per heavy atom. The number of imide groups is 1. The summed E-state index contributed by atoms with van der Waals surface area (Å²) < 4.78 is 5.12. The molecule has 1 heterocycles. The molecule has 170 valence electrons. The van der Waals surface area contributed by atoms with Gasteiger partial charge in [-0.2, -0.15) is 0 Å². The van der Waals surface area contributed by atoms with Crippen molar-refractivity contribution < 1.29 is 23.9 Å². The van der Waals surface area contributed by atoms with Crippen LogP contribution in [0.15, 0.2) is 66.7 Å². The fourth-order valence-corrected chi connectivity index (χ4v) is 4.47. The first kappa shape index (κ1) is 22.5. The SMILES string of the molecule is C[C@H](NC(=O)COC(=O)c1ccc(N2C(=O)[C@@H]3[C@@H](C)C=CC[C@H]3C2=O)cc1)c1ccccc1. The number of ether oxygens (including phenoxy) is 1. The first-order chi connectivity index (χ1) is 15.9. The Morgan fingerprint density at radius 2 is 1.76 bits per heavy atom. The minimum atomic E-state index is -0.658. The molecule has 1 aliphatic carbocycles. The molecule has 2 aromatic carbocycles. The van der Waals surface area contributed by atoms with Crippen LogP contribution in [0.5, 0.6) is 0 Å². The first-order valence-corrected chi connectivity index (χ1v) is 11.0. The highest BCUT2D eigenvalue weighted by Crippen LogP contribution is 2.40. The van der Waals surface area contributed by atoms with E-state index in [2.05, 4.69) is 5.32 Å². The van der Waals surface area contributed by atoms with Gasteiger partial charge in [-0.05, 0) is 49.1 Å². The average Bonchev–Trinajstić information content (AvgIpc) is 3.09. The third-order valence-corrected chi connectivity index (χ3v) is 6.25. The number of allylic oxidation sites excluding steroid dienone is 2. The van der Waals surface area contributed by atoms with E-state index in [-0.39, 0.29) is 41.2 Å². The van der Waals surface area contributed by atoms with Crippen molar-refractivity contribution in [2.24, 2.45) is 17.8 Å². The number of fused-ring (bicyclic) bond motifs is 1. The summed E-state index contributed by atoms with van der Waals surface area (Å²) in [5.41, 5.74) is 1.61. The van der Waals surface area contributed by atoms with Gasteiger partial charge in [-0.1, -0.05) is 49.4 Å². The monoisotopic (exact) mass is 446 g/mol. The molecule has 4 rings (SSSR count). The quantitative estimate of drug-likeness (QED) is 0.417. The lowest BCUT2D eigenvalue weighted by atomic mass is 9.78. The Hall–Kier alpha value is -3.74. The van der Waals surface area contributed by atoms with E-state index in [1.165, 1.54) is 17.0 Å². The molecule has 0 unspecified atom stereocenters. The number of rotatable bonds is 6. The molecule has 0 aromatic heterocycles. The predicted octanol–water partition coefficient (Wildman–Crippen LogP) is 3.42. The Bertz CT molecular complexity index is 1090. The van der Waals surface area contributed by atoms with Gasteiger partial charge in [0.2, 0.25) is 11.8 Å². The summed E-state index contributed by atoms with van der Waals surface area (Å²) in [6.07, 6.45) is 4.49. The summed E-state index contributed by atoms with van der Waals surface area (Å²) in [6.45, 7) is 3.38. The van der Waals surface area contributed by atoms with Crippen molar-refractivity contribution in [1.82, 2.24) is 5.32 Å². The zero-order chi connectivity index (χ0) is 23.5. The molecule has 1 aliphatic heterocycles.